The van der Waals surface area contributed by atoms with Crippen LogP contribution in [0, 0.1) is 21.4 Å². The van der Waals surface area contributed by atoms with Gasteiger partial charge >= 0.3 is 0 Å². The molecule has 0 amide bonds. The molecular formula is C12H13N3O2. The number of hydrogen-bond donors (Lipinski definition) is 1. The summed E-state index contributed by atoms with van der Waals surface area (Å²) in [5.41, 5.74) is 1.87. The minimum Gasteiger partial charge on any atom is -0.376 e. The first-order chi connectivity index (χ1) is 8.04. The summed E-state index contributed by atoms with van der Waals surface area (Å²) in [5.74, 6) is 0. The summed E-state index contributed by atoms with van der Waals surface area (Å²) in [6, 6.07) is 6.21. The molecule has 0 saturated heterocycles. The maximum Gasteiger partial charge on any atom is 0.292 e. The summed E-state index contributed by atoms with van der Waals surface area (Å²) in [7, 11) is 0. The zero-order valence-corrected chi connectivity index (χ0v) is 9.73. The highest BCUT2D eigenvalue weighted by atomic mass is 16.6. The van der Waals surface area contributed by atoms with E-state index in [4.69, 9.17) is 5.26 Å². The van der Waals surface area contributed by atoms with E-state index in [1.807, 2.05) is 26.0 Å². The summed E-state index contributed by atoms with van der Waals surface area (Å²) < 4.78 is 0. The molecule has 0 aliphatic carbocycles. The largest absolute Gasteiger partial charge is 0.376 e. The Morgan fingerprint density at radius 1 is 1.59 bits per heavy atom. The van der Waals surface area contributed by atoms with Crippen LogP contribution in [0.2, 0.25) is 0 Å². The number of benzene rings is 1. The van der Waals surface area contributed by atoms with E-state index in [0.717, 1.165) is 5.57 Å². The molecule has 0 aliphatic heterocycles. The number of anilines is 1. The highest BCUT2D eigenvalue weighted by Crippen LogP contribution is 2.25. The third kappa shape index (κ3) is 3.61. The van der Waals surface area contributed by atoms with Crippen molar-refractivity contribution in [3.8, 4) is 6.07 Å². The van der Waals surface area contributed by atoms with Gasteiger partial charge in [-0.2, -0.15) is 5.26 Å². The number of rotatable bonds is 4. The van der Waals surface area contributed by atoms with Gasteiger partial charge in [0.2, 0.25) is 0 Å². The molecule has 0 unspecified atom stereocenters. The highest BCUT2D eigenvalue weighted by Gasteiger charge is 2.13. The smallest absolute Gasteiger partial charge is 0.292 e. The molecule has 0 saturated carbocycles. The van der Waals surface area contributed by atoms with Crippen molar-refractivity contribution in [1.29, 1.82) is 5.26 Å². The van der Waals surface area contributed by atoms with Crippen LogP contribution in [-0.2, 0) is 0 Å². The molecule has 17 heavy (non-hydrogen) atoms. The van der Waals surface area contributed by atoms with E-state index < -0.39 is 4.92 Å². The number of nitrogens with zero attached hydrogens (tertiary/aromatic N) is 2. The van der Waals surface area contributed by atoms with Gasteiger partial charge in [0.15, 0.2) is 0 Å². The lowest BCUT2D eigenvalue weighted by molar-refractivity contribution is -0.384. The molecule has 1 aromatic carbocycles. The maximum atomic E-state index is 10.8. The zero-order chi connectivity index (χ0) is 12.8. The van der Waals surface area contributed by atoms with Crippen molar-refractivity contribution in [2.45, 2.75) is 13.8 Å². The van der Waals surface area contributed by atoms with Crippen molar-refractivity contribution in [2.75, 3.05) is 11.9 Å². The summed E-state index contributed by atoms with van der Waals surface area (Å²) in [4.78, 5) is 10.3. The molecule has 0 aromatic heterocycles. The SMILES string of the molecule is CC(C)=CCNc1cc(C#N)ccc1[N+](=O)[O-]. The summed E-state index contributed by atoms with van der Waals surface area (Å²) in [6.07, 6.45) is 1.92. The number of nitro groups is 1. The molecule has 0 fully saturated rings. The van der Waals surface area contributed by atoms with Gasteiger partial charge in [-0.05, 0) is 26.0 Å². The summed E-state index contributed by atoms with van der Waals surface area (Å²) in [6.45, 7) is 4.39. The van der Waals surface area contributed by atoms with Crippen LogP contribution in [-0.4, -0.2) is 11.5 Å². The molecule has 88 valence electrons. The van der Waals surface area contributed by atoms with E-state index in [2.05, 4.69) is 5.32 Å². The van der Waals surface area contributed by atoms with Crippen LogP contribution < -0.4 is 5.32 Å². The molecule has 0 heterocycles. The van der Waals surface area contributed by atoms with Gasteiger partial charge in [-0.3, -0.25) is 10.1 Å². The Hall–Kier alpha value is -2.35. The Balaban J connectivity index is 2.98. The topological polar surface area (TPSA) is 79.0 Å². The van der Waals surface area contributed by atoms with Gasteiger partial charge in [-0.25, -0.2) is 0 Å². The van der Waals surface area contributed by atoms with Crippen LogP contribution in [0.15, 0.2) is 29.8 Å². The molecule has 5 heteroatoms. The van der Waals surface area contributed by atoms with Crippen LogP contribution in [0.3, 0.4) is 0 Å². The lowest BCUT2D eigenvalue weighted by atomic mass is 10.2. The van der Waals surface area contributed by atoms with Gasteiger partial charge in [0.1, 0.15) is 5.69 Å². The quantitative estimate of drug-likeness (QED) is 0.491. The van der Waals surface area contributed by atoms with E-state index in [0.29, 0.717) is 17.8 Å². The first kappa shape index (κ1) is 12.7. The Bertz CT molecular complexity index is 497. The first-order valence-electron chi connectivity index (χ1n) is 5.10. The van der Waals surface area contributed by atoms with E-state index >= 15 is 0 Å². The third-order valence-electron chi connectivity index (χ3n) is 2.13. The molecular weight excluding hydrogens is 218 g/mol. The number of nitro benzene ring substituents is 1. The average Bonchev–Trinajstić information content (AvgIpc) is 2.28. The molecule has 5 nitrogen and oxygen atoms in total. The van der Waals surface area contributed by atoms with Gasteiger partial charge in [-0.1, -0.05) is 11.6 Å². The van der Waals surface area contributed by atoms with Crippen LogP contribution >= 0.6 is 0 Å². The van der Waals surface area contributed by atoms with Crippen LogP contribution in [0.5, 0.6) is 0 Å². The average molecular weight is 231 g/mol. The van der Waals surface area contributed by atoms with Crippen molar-refractivity contribution in [3.63, 3.8) is 0 Å². The standard InChI is InChI=1S/C12H13N3O2/c1-9(2)5-6-14-11-7-10(8-13)3-4-12(11)15(16)17/h3-5,7,14H,6H2,1-2H3. The van der Waals surface area contributed by atoms with E-state index in [-0.39, 0.29) is 5.69 Å². The number of allylic oxidation sites excluding steroid dienone is 1. The minimum absolute atomic E-state index is 0.0221. The number of hydrogen-bond acceptors (Lipinski definition) is 4. The molecule has 1 aromatic rings. The molecule has 0 atom stereocenters. The zero-order valence-electron chi connectivity index (χ0n) is 9.73. The van der Waals surface area contributed by atoms with Crippen molar-refractivity contribution >= 4 is 11.4 Å². The lowest BCUT2D eigenvalue weighted by Crippen LogP contribution is -2.02. The van der Waals surface area contributed by atoms with E-state index in [1.165, 1.54) is 18.2 Å². The molecule has 0 spiro atoms. The van der Waals surface area contributed by atoms with Crippen molar-refractivity contribution in [3.05, 3.63) is 45.5 Å². The second-order valence-electron chi connectivity index (χ2n) is 3.76. The number of nitrogens with one attached hydrogen (secondary N) is 1. The van der Waals surface area contributed by atoms with Crippen molar-refractivity contribution in [2.24, 2.45) is 0 Å². The Morgan fingerprint density at radius 3 is 2.82 bits per heavy atom. The van der Waals surface area contributed by atoms with Gasteiger partial charge in [0.25, 0.3) is 5.69 Å². The van der Waals surface area contributed by atoms with Gasteiger partial charge < -0.3 is 5.32 Å². The summed E-state index contributed by atoms with van der Waals surface area (Å²) in [5, 5.41) is 22.5. The predicted molar refractivity (Wildman–Crippen MR) is 65.7 cm³/mol. The van der Waals surface area contributed by atoms with E-state index in [1.54, 1.807) is 0 Å². The van der Waals surface area contributed by atoms with Crippen LogP contribution in [0.25, 0.3) is 0 Å². The molecule has 1 rings (SSSR count). The van der Waals surface area contributed by atoms with Crippen LogP contribution in [0.4, 0.5) is 11.4 Å². The molecule has 0 radical (unpaired) electrons. The molecule has 0 bridgehead atoms. The third-order valence-corrected chi connectivity index (χ3v) is 2.13. The number of nitriles is 1. The lowest BCUT2D eigenvalue weighted by Gasteiger charge is -2.05. The van der Waals surface area contributed by atoms with Gasteiger partial charge in [0.05, 0.1) is 16.6 Å². The normalized spacial score (nSPS) is 9.24. The first-order valence-corrected chi connectivity index (χ1v) is 5.10. The van der Waals surface area contributed by atoms with Gasteiger partial charge in [-0.15, -0.1) is 0 Å². The Morgan fingerprint density at radius 2 is 2.29 bits per heavy atom. The molecule has 0 aliphatic rings. The Kier molecular flexibility index (Phi) is 4.23. The maximum absolute atomic E-state index is 10.8. The fraction of sp³-hybridized carbons (Fsp3) is 0.250. The summed E-state index contributed by atoms with van der Waals surface area (Å²) >= 11 is 0. The molecule has 1 N–H and O–H groups in total. The minimum atomic E-state index is -0.466. The van der Waals surface area contributed by atoms with Gasteiger partial charge in [0, 0.05) is 12.6 Å². The highest BCUT2D eigenvalue weighted by molar-refractivity contribution is 5.64. The monoisotopic (exact) mass is 231 g/mol. The van der Waals surface area contributed by atoms with Crippen molar-refractivity contribution < 1.29 is 4.92 Å². The fourth-order valence-corrected chi connectivity index (χ4v) is 1.27. The van der Waals surface area contributed by atoms with E-state index in [9.17, 15) is 10.1 Å². The van der Waals surface area contributed by atoms with Crippen LogP contribution in [0.1, 0.15) is 19.4 Å². The fourth-order valence-electron chi connectivity index (χ4n) is 1.27. The second kappa shape index (κ2) is 5.66. The van der Waals surface area contributed by atoms with Crippen molar-refractivity contribution in [1.82, 2.24) is 0 Å². The predicted octanol–water partition coefficient (Wildman–Crippen LogP) is 2.84. The Labute approximate surface area is 99.5 Å². The second-order valence-corrected chi connectivity index (χ2v) is 3.76.